The third kappa shape index (κ3) is 7.66. The molecule has 144 valence electrons. The van der Waals surface area contributed by atoms with Gasteiger partial charge in [-0.3, -0.25) is 9.59 Å². The van der Waals surface area contributed by atoms with E-state index in [1.165, 1.54) is 38.5 Å². The topological polar surface area (TPSA) is 74.6 Å². The van der Waals surface area contributed by atoms with Gasteiger partial charge in [0.1, 0.15) is 0 Å². The lowest BCUT2D eigenvalue weighted by atomic mass is 9.76. The molecule has 0 aliphatic rings. The summed E-state index contributed by atoms with van der Waals surface area (Å²) in [6.45, 7) is 2.21. The average Bonchev–Trinajstić information content (AvgIpc) is 2.60. The second kappa shape index (κ2) is 14.0. The van der Waals surface area contributed by atoms with E-state index in [4.69, 9.17) is 0 Å². The second-order valence-electron chi connectivity index (χ2n) is 6.81. The molecule has 2 N–H and O–H groups in total. The largest absolute Gasteiger partial charge is 0.480 e. The van der Waals surface area contributed by atoms with Gasteiger partial charge in [0.2, 0.25) is 0 Å². The molecule has 0 aliphatic heterocycles. The molecule has 0 radical (unpaired) electrons. The minimum Gasteiger partial charge on any atom is -0.480 e. The van der Waals surface area contributed by atoms with E-state index in [1.54, 1.807) is 30.3 Å². The van der Waals surface area contributed by atoms with Gasteiger partial charge < -0.3 is 10.2 Å². The van der Waals surface area contributed by atoms with Gasteiger partial charge in [0.05, 0.1) is 0 Å². The molecular weight excluding hydrogens is 341 g/mol. The van der Waals surface area contributed by atoms with Gasteiger partial charge in [0, 0.05) is 0 Å². The van der Waals surface area contributed by atoms with Crippen molar-refractivity contribution in [1.29, 1.82) is 0 Å². The van der Waals surface area contributed by atoms with Crippen molar-refractivity contribution in [3.8, 4) is 0 Å². The number of carboxylic acids is 2. The van der Waals surface area contributed by atoms with E-state index in [-0.39, 0.29) is 29.5 Å². The summed E-state index contributed by atoms with van der Waals surface area (Å²) in [7, 11) is 0. The van der Waals surface area contributed by atoms with E-state index in [2.05, 4.69) is 6.92 Å². The smallest absolute Gasteiger partial charge is 0.325 e. The molecule has 0 aliphatic carbocycles. The van der Waals surface area contributed by atoms with Crippen molar-refractivity contribution in [2.45, 2.75) is 83.0 Å². The second-order valence-corrected chi connectivity index (χ2v) is 6.81. The van der Waals surface area contributed by atoms with E-state index < -0.39 is 17.4 Å². The van der Waals surface area contributed by atoms with Gasteiger partial charge in [-0.15, -0.1) is 0 Å². The van der Waals surface area contributed by atoms with Gasteiger partial charge in [-0.1, -0.05) is 101 Å². The van der Waals surface area contributed by atoms with E-state index in [0.29, 0.717) is 12.0 Å². The molecule has 1 rings (SSSR count). The van der Waals surface area contributed by atoms with E-state index in [1.807, 2.05) is 0 Å². The quantitative estimate of drug-likeness (QED) is 0.286. The van der Waals surface area contributed by atoms with Crippen LogP contribution in [0.25, 0.3) is 0 Å². The van der Waals surface area contributed by atoms with Crippen molar-refractivity contribution < 1.29 is 19.8 Å². The van der Waals surface area contributed by atoms with Crippen molar-refractivity contribution in [3.63, 3.8) is 0 Å². The number of benzene rings is 1. The molecular formula is C21H34MgO4. The molecule has 0 amide bonds. The van der Waals surface area contributed by atoms with Crippen LogP contribution in [0.15, 0.2) is 30.3 Å². The third-order valence-electron chi connectivity index (χ3n) is 4.90. The number of carbonyl (C=O) groups is 2. The lowest BCUT2D eigenvalue weighted by Gasteiger charge is -2.25. The first-order valence-corrected chi connectivity index (χ1v) is 9.58. The van der Waals surface area contributed by atoms with Gasteiger partial charge in [0.25, 0.3) is 0 Å². The van der Waals surface area contributed by atoms with Crippen LogP contribution in [0.5, 0.6) is 0 Å². The fourth-order valence-corrected chi connectivity index (χ4v) is 3.30. The highest BCUT2D eigenvalue weighted by molar-refractivity contribution is 6.04. The zero-order chi connectivity index (χ0) is 18.5. The van der Waals surface area contributed by atoms with Gasteiger partial charge in [-0.2, -0.15) is 0 Å². The minimum absolute atomic E-state index is 0. The van der Waals surface area contributed by atoms with Crippen LogP contribution in [0.3, 0.4) is 0 Å². The summed E-state index contributed by atoms with van der Waals surface area (Å²) in [6, 6.07) is 8.33. The van der Waals surface area contributed by atoms with Gasteiger partial charge in [-0.05, 0) is 12.0 Å². The third-order valence-corrected chi connectivity index (χ3v) is 4.90. The van der Waals surface area contributed by atoms with E-state index >= 15 is 0 Å². The number of carboxylic acid groups (broad SMARTS) is 2. The average molecular weight is 375 g/mol. The van der Waals surface area contributed by atoms with Gasteiger partial charge in [0.15, 0.2) is 5.41 Å². The summed E-state index contributed by atoms with van der Waals surface area (Å²) in [4.78, 5) is 23.5. The Morgan fingerprint density at radius 3 is 1.62 bits per heavy atom. The first-order chi connectivity index (χ1) is 12.1. The fourth-order valence-electron chi connectivity index (χ4n) is 3.30. The van der Waals surface area contributed by atoms with Crippen LogP contribution < -0.4 is 0 Å². The molecule has 5 heteroatoms. The first kappa shape index (κ1) is 24.9. The molecule has 0 bridgehead atoms. The zero-order valence-corrected chi connectivity index (χ0v) is 15.4. The number of rotatable bonds is 14. The summed E-state index contributed by atoms with van der Waals surface area (Å²) < 4.78 is 0. The van der Waals surface area contributed by atoms with Crippen LogP contribution in [0.2, 0.25) is 0 Å². The van der Waals surface area contributed by atoms with E-state index in [0.717, 1.165) is 19.3 Å². The van der Waals surface area contributed by atoms with Crippen molar-refractivity contribution >= 4 is 35.0 Å². The minimum atomic E-state index is -1.83. The van der Waals surface area contributed by atoms with Crippen LogP contribution in [-0.2, 0) is 15.0 Å². The summed E-state index contributed by atoms with van der Waals surface area (Å²) in [6.07, 6.45) is 11.5. The summed E-state index contributed by atoms with van der Waals surface area (Å²) >= 11 is 0. The molecule has 0 spiro atoms. The Balaban J connectivity index is 0.00000625. The molecule has 4 nitrogen and oxygen atoms in total. The highest BCUT2D eigenvalue weighted by atomic mass is 24.3. The van der Waals surface area contributed by atoms with Crippen LogP contribution in [0.1, 0.15) is 83.1 Å². The van der Waals surface area contributed by atoms with Gasteiger partial charge in [-0.25, -0.2) is 0 Å². The zero-order valence-electron chi connectivity index (χ0n) is 15.4. The Kier molecular flexibility index (Phi) is 13.5. The molecule has 26 heavy (non-hydrogen) atoms. The lowest BCUT2D eigenvalue weighted by molar-refractivity contribution is -0.158. The van der Waals surface area contributed by atoms with Crippen LogP contribution in [-0.4, -0.2) is 45.2 Å². The lowest BCUT2D eigenvalue weighted by Crippen LogP contribution is -2.43. The summed E-state index contributed by atoms with van der Waals surface area (Å²) in [5, 5.41) is 19.2. The molecule has 1 aromatic rings. The Morgan fingerprint density at radius 2 is 1.19 bits per heavy atom. The summed E-state index contributed by atoms with van der Waals surface area (Å²) in [5.41, 5.74) is -1.48. The normalized spacial score (nSPS) is 11.0. The highest BCUT2D eigenvalue weighted by Crippen LogP contribution is 2.31. The summed E-state index contributed by atoms with van der Waals surface area (Å²) in [5.74, 6) is -2.55. The molecule has 0 fully saturated rings. The maximum atomic E-state index is 11.8. The molecule has 0 saturated carbocycles. The van der Waals surface area contributed by atoms with Crippen LogP contribution >= 0.6 is 0 Å². The molecule has 0 saturated heterocycles. The van der Waals surface area contributed by atoms with Crippen molar-refractivity contribution in [2.75, 3.05) is 0 Å². The number of hydrogen-bond acceptors (Lipinski definition) is 2. The number of aliphatic carboxylic acids is 2. The van der Waals surface area contributed by atoms with Crippen LogP contribution in [0.4, 0.5) is 0 Å². The maximum absolute atomic E-state index is 11.8. The van der Waals surface area contributed by atoms with Crippen molar-refractivity contribution in [2.24, 2.45) is 0 Å². The Bertz CT molecular complexity index is 502. The van der Waals surface area contributed by atoms with Crippen molar-refractivity contribution in [1.82, 2.24) is 0 Å². The Hall–Kier alpha value is -1.07. The molecule has 1 aromatic carbocycles. The number of unbranched alkanes of at least 4 members (excludes halogenated alkanes) is 9. The van der Waals surface area contributed by atoms with Gasteiger partial charge >= 0.3 is 35.0 Å². The standard InChI is InChI=1S/C21H32O4.Mg.2H/c1-2-3-4-5-6-7-8-9-10-14-17-21(19(22)23,20(24)25)18-15-12-11-13-16-18;;;/h11-13,15-16H,2-10,14,17H2,1H3,(H,22,23)(H,24,25);;;. The van der Waals surface area contributed by atoms with Crippen molar-refractivity contribution in [3.05, 3.63) is 35.9 Å². The maximum Gasteiger partial charge on any atom is 0.325 e. The predicted octanol–water partition coefficient (Wildman–Crippen LogP) is 4.49. The molecule has 0 atom stereocenters. The van der Waals surface area contributed by atoms with Crippen LogP contribution in [0, 0.1) is 0 Å². The Labute approximate surface area is 173 Å². The SMILES string of the molecule is CCCCCCCCCCCCC(C(=O)O)(C(=O)O)c1ccccc1.[MgH2]. The molecule has 0 unspecified atom stereocenters. The predicted molar refractivity (Wildman–Crippen MR) is 108 cm³/mol. The highest BCUT2D eigenvalue weighted by Gasteiger charge is 2.47. The first-order valence-electron chi connectivity index (χ1n) is 9.58. The molecule has 0 aromatic heterocycles. The fraction of sp³-hybridized carbons (Fsp3) is 0.619. The van der Waals surface area contributed by atoms with E-state index in [9.17, 15) is 19.8 Å². The number of hydrogen-bond donors (Lipinski definition) is 2. The molecule has 0 heterocycles. The Morgan fingerprint density at radius 1 is 0.769 bits per heavy atom. The monoisotopic (exact) mass is 374 g/mol.